The van der Waals surface area contributed by atoms with Crippen LogP contribution in [0.25, 0.3) is 28.5 Å². The lowest BCUT2D eigenvalue weighted by molar-refractivity contribution is 0.0697. The summed E-state index contributed by atoms with van der Waals surface area (Å²) in [5, 5.41) is 28.2. The van der Waals surface area contributed by atoms with E-state index in [9.17, 15) is 15.3 Å². The summed E-state index contributed by atoms with van der Waals surface area (Å²) < 4.78 is 5.94. The number of rotatable bonds is 3. The van der Waals surface area contributed by atoms with E-state index in [-0.39, 0.29) is 10.6 Å². The second-order valence-corrected chi connectivity index (χ2v) is 7.41. The number of carboxylic acid groups (broad SMARTS) is 1. The van der Waals surface area contributed by atoms with E-state index >= 15 is 0 Å². The third-order valence-corrected chi connectivity index (χ3v) is 5.57. The summed E-state index contributed by atoms with van der Waals surface area (Å²) in [5.41, 5.74) is 5.17. The van der Waals surface area contributed by atoms with Crippen molar-refractivity contribution in [2.75, 3.05) is 0 Å². The van der Waals surface area contributed by atoms with Gasteiger partial charge in [0.25, 0.3) is 0 Å². The maximum Gasteiger partial charge on any atom is 0.337 e. The first-order chi connectivity index (χ1) is 14.8. The summed E-state index contributed by atoms with van der Waals surface area (Å²) in [7, 11) is 0. The van der Waals surface area contributed by atoms with Crippen LogP contribution in [0.5, 0.6) is 0 Å². The molecule has 1 aliphatic carbocycles. The van der Waals surface area contributed by atoms with Crippen LogP contribution in [0, 0.1) is 29.6 Å². The van der Waals surface area contributed by atoms with Gasteiger partial charge in [-0.25, -0.2) is 4.79 Å². The Kier molecular flexibility index (Phi) is 4.94. The second-order valence-electron chi connectivity index (χ2n) is 7.00. The van der Waals surface area contributed by atoms with Crippen LogP contribution in [0.2, 0.25) is 5.02 Å². The normalized spacial score (nSPS) is 13.8. The predicted molar refractivity (Wildman–Crippen MR) is 116 cm³/mol. The average molecular weight is 428 g/mol. The molecule has 0 saturated heterocycles. The van der Waals surface area contributed by atoms with Gasteiger partial charge in [0.1, 0.15) is 23.7 Å². The molecule has 1 aliphatic rings. The van der Waals surface area contributed by atoms with E-state index in [2.05, 4.69) is 17.1 Å². The number of carbonyl (C=O) groups is 1. The van der Waals surface area contributed by atoms with Gasteiger partial charge in [0.05, 0.1) is 27.4 Å². The quantitative estimate of drug-likeness (QED) is 0.571. The van der Waals surface area contributed by atoms with Crippen LogP contribution in [0.15, 0.2) is 46.5 Å². The standard InChI is InChI=1S/C24H14ClN3O3/c1-12-15(9-26)11-28-23-19(10-27)13(2)18(22(12)23)8-16-4-6-21(31-16)14-3-5-17(24(29)30)20(25)7-14/h3-8,11H,1-2H3,(H,29,30)/b18-8+. The Morgan fingerprint density at radius 3 is 2.61 bits per heavy atom. The molecule has 150 valence electrons. The predicted octanol–water partition coefficient (Wildman–Crippen LogP) is 5.72. The molecule has 1 N–H and O–H groups in total. The monoisotopic (exact) mass is 427 g/mol. The number of furan rings is 1. The third kappa shape index (κ3) is 3.30. The number of hydrogen-bond acceptors (Lipinski definition) is 5. The van der Waals surface area contributed by atoms with Crippen LogP contribution in [-0.2, 0) is 0 Å². The molecule has 0 amide bonds. The SMILES string of the molecule is CC1=C(C#N)c2ncc(C#N)c(C)c2/C1=C/c1ccc(-c2ccc(C(=O)O)c(Cl)c2)o1. The zero-order valence-electron chi connectivity index (χ0n) is 16.5. The molecule has 0 saturated carbocycles. The van der Waals surface area contributed by atoms with Crippen LogP contribution < -0.4 is 0 Å². The molecule has 0 unspecified atom stereocenters. The zero-order chi connectivity index (χ0) is 22.3. The second kappa shape index (κ2) is 7.60. The van der Waals surface area contributed by atoms with E-state index in [4.69, 9.17) is 21.1 Å². The number of benzene rings is 1. The van der Waals surface area contributed by atoms with Gasteiger partial charge in [-0.1, -0.05) is 17.7 Å². The highest BCUT2D eigenvalue weighted by Crippen LogP contribution is 2.43. The van der Waals surface area contributed by atoms with Crippen molar-refractivity contribution in [3.8, 4) is 23.5 Å². The van der Waals surface area contributed by atoms with Crippen molar-refractivity contribution in [3.63, 3.8) is 0 Å². The summed E-state index contributed by atoms with van der Waals surface area (Å²) >= 11 is 6.07. The highest BCUT2D eigenvalue weighted by Gasteiger charge is 2.28. The summed E-state index contributed by atoms with van der Waals surface area (Å²) in [6, 6.07) is 12.5. The molecule has 0 fully saturated rings. The van der Waals surface area contributed by atoms with Gasteiger partial charge in [0.15, 0.2) is 0 Å². The molecule has 0 spiro atoms. The molecule has 0 radical (unpaired) electrons. The number of pyridine rings is 1. The Hall–Kier alpha value is -4.13. The van der Waals surface area contributed by atoms with E-state index in [1.807, 2.05) is 19.9 Å². The van der Waals surface area contributed by atoms with Crippen molar-refractivity contribution < 1.29 is 14.3 Å². The van der Waals surface area contributed by atoms with Crippen molar-refractivity contribution in [3.05, 3.63) is 80.8 Å². The number of nitriles is 2. The molecule has 3 aromatic rings. The van der Waals surface area contributed by atoms with Gasteiger partial charge in [0, 0.05) is 17.3 Å². The summed E-state index contributed by atoms with van der Waals surface area (Å²) in [5.74, 6) is -0.0426. The van der Waals surface area contributed by atoms with Crippen LogP contribution >= 0.6 is 11.6 Å². The maximum atomic E-state index is 11.2. The minimum atomic E-state index is -1.10. The number of halogens is 1. The van der Waals surface area contributed by atoms with Crippen LogP contribution in [0.1, 0.15) is 45.4 Å². The molecular formula is C24H14ClN3O3. The molecule has 2 aromatic heterocycles. The number of fused-ring (bicyclic) bond motifs is 1. The van der Waals surface area contributed by atoms with Gasteiger partial charge in [-0.2, -0.15) is 10.5 Å². The molecule has 2 heterocycles. The minimum Gasteiger partial charge on any atom is -0.478 e. The lowest BCUT2D eigenvalue weighted by Crippen LogP contribution is -1.96. The van der Waals surface area contributed by atoms with Crippen LogP contribution in [0.4, 0.5) is 0 Å². The highest BCUT2D eigenvalue weighted by atomic mass is 35.5. The number of aromatic nitrogens is 1. The van der Waals surface area contributed by atoms with Crippen molar-refractivity contribution >= 4 is 34.8 Å². The number of nitrogens with zero attached hydrogens (tertiary/aromatic N) is 3. The van der Waals surface area contributed by atoms with Crippen molar-refractivity contribution in [1.82, 2.24) is 4.98 Å². The van der Waals surface area contributed by atoms with Gasteiger partial charge in [-0.05, 0) is 60.9 Å². The van der Waals surface area contributed by atoms with Crippen molar-refractivity contribution in [2.45, 2.75) is 13.8 Å². The molecule has 6 nitrogen and oxygen atoms in total. The molecular weight excluding hydrogens is 414 g/mol. The van der Waals surface area contributed by atoms with Gasteiger partial charge in [-0.3, -0.25) is 4.98 Å². The highest BCUT2D eigenvalue weighted by molar-refractivity contribution is 6.33. The lowest BCUT2D eigenvalue weighted by atomic mass is 9.97. The Bertz CT molecular complexity index is 1410. The lowest BCUT2D eigenvalue weighted by Gasteiger charge is -2.08. The fraction of sp³-hybridized carbons (Fsp3) is 0.0833. The minimum absolute atomic E-state index is 0.0166. The summed E-state index contributed by atoms with van der Waals surface area (Å²) in [4.78, 5) is 15.5. The van der Waals surface area contributed by atoms with Gasteiger partial charge in [-0.15, -0.1) is 0 Å². The number of carboxylic acids is 1. The molecule has 0 bridgehead atoms. The van der Waals surface area contributed by atoms with Gasteiger partial charge >= 0.3 is 5.97 Å². The molecule has 0 aliphatic heterocycles. The van der Waals surface area contributed by atoms with Crippen molar-refractivity contribution in [1.29, 1.82) is 10.5 Å². The Morgan fingerprint density at radius 2 is 1.97 bits per heavy atom. The maximum absolute atomic E-state index is 11.2. The first-order valence-electron chi connectivity index (χ1n) is 9.22. The Balaban J connectivity index is 1.80. The molecule has 4 rings (SSSR count). The first kappa shape index (κ1) is 20.2. The van der Waals surface area contributed by atoms with E-state index in [0.29, 0.717) is 33.9 Å². The largest absolute Gasteiger partial charge is 0.478 e. The average Bonchev–Trinajstić information content (AvgIpc) is 3.31. The van der Waals surface area contributed by atoms with E-state index in [1.165, 1.54) is 18.3 Å². The van der Waals surface area contributed by atoms with Crippen molar-refractivity contribution in [2.24, 2.45) is 0 Å². The number of allylic oxidation sites excluding steroid dienone is 3. The number of aromatic carboxylic acids is 1. The van der Waals surface area contributed by atoms with E-state index < -0.39 is 5.97 Å². The van der Waals surface area contributed by atoms with E-state index in [1.54, 1.807) is 18.2 Å². The zero-order valence-corrected chi connectivity index (χ0v) is 17.3. The topological polar surface area (TPSA) is 111 Å². The fourth-order valence-electron chi connectivity index (χ4n) is 3.62. The van der Waals surface area contributed by atoms with Gasteiger partial charge < -0.3 is 9.52 Å². The third-order valence-electron chi connectivity index (χ3n) is 5.25. The van der Waals surface area contributed by atoms with Gasteiger partial charge in [0.2, 0.25) is 0 Å². The Labute approximate surface area is 183 Å². The van der Waals surface area contributed by atoms with Crippen LogP contribution in [-0.4, -0.2) is 16.1 Å². The molecule has 0 atom stereocenters. The summed E-state index contributed by atoms with van der Waals surface area (Å²) in [6.07, 6.45) is 3.29. The first-order valence-corrected chi connectivity index (χ1v) is 9.60. The molecule has 1 aromatic carbocycles. The molecule has 31 heavy (non-hydrogen) atoms. The molecule has 7 heteroatoms. The van der Waals surface area contributed by atoms with Crippen LogP contribution in [0.3, 0.4) is 0 Å². The number of hydrogen-bond donors (Lipinski definition) is 1. The fourth-order valence-corrected chi connectivity index (χ4v) is 3.88. The smallest absolute Gasteiger partial charge is 0.337 e. The Morgan fingerprint density at radius 1 is 1.19 bits per heavy atom. The van der Waals surface area contributed by atoms with E-state index in [0.717, 1.165) is 22.3 Å². The summed E-state index contributed by atoms with van der Waals surface area (Å²) in [6.45, 7) is 3.67.